The van der Waals surface area contributed by atoms with E-state index in [1.807, 2.05) is 0 Å². The first kappa shape index (κ1) is 14.5. The molecule has 0 bridgehead atoms. The zero-order valence-electron chi connectivity index (χ0n) is 10.8. The largest absolute Gasteiger partial charge is 0.323 e. The van der Waals surface area contributed by atoms with Gasteiger partial charge in [0.25, 0.3) is 10.1 Å². The second kappa shape index (κ2) is 6.06. The Hall–Kier alpha value is -1.86. The minimum absolute atomic E-state index is 0.212. The van der Waals surface area contributed by atoms with Crippen LogP contribution in [0.3, 0.4) is 0 Å². The summed E-state index contributed by atoms with van der Waals surface area (Å²) in [5, 5.41) is 5.21. The molecule has 1 fully saturated rings. The Balaban J connectivity index is 1.92. The van der Waals surface area contributed by atoms with Crippen LogP contribution in [0.15, 0.2) is 40.9 Å². The first-order valence-corrected chi connectivity index (χ1v) is 7.72. The fourth-order valence-electron chi connectivity index (χ4n) is 2.02. The molecule has 1 aliphatic rings. The quantitative estimate of drug-likeness (QED) is 0.747. The van der Waals surface area contributed by atoms with Gasteiger partial charge in [0.1, 0.15) is 0 Å². The van der Waals surface area contributed by atoms with Crippen LogP contribution in [-0.4, -0.2) is 19.0 Å². The summed E-state index contributed by atoms with van der Waals surface area (Å²) in [4.78, 5) is 11.4. The van der Waals surface area contributed by atoms with Crippen molar-refractivity contribution < 1.29 is 17.8 Å². The standard InChI is InChI=1S/C13H16N2O4S/c16-13(14-9-10-3-1-2-4-10)15-11-5-7-12(8-6-11)20(17,18)19/h5-9H,1-4H2,(H2,14,15,16)(H,17,18,19). The summed E-state index contributed by atoms with van der Waals surface area (Å²) >= 11 is 0. The normalized spacial score (nSPS) is 14.9. The third-order valence-electron chi connectivity index (χ3n) is 3.06. The van der Waals surface area contributed by atoms with Crippen LogP contribution in [-0.2, 0) is 10.1 Å². The summed E-state index contributed by atoms with van der Waals surface area (Å²) in [6, 6.07) is 4.88. The van der Waals surface area contributed by atoms with Crippen LogP contribution in [0.5, 0.6) is 0 Å². The van der Waals surface area contributed by atoms with Gasteiger partial charge in [-0.2, -0.15) is 8.42 Å². The van der Waals surface area contributed by atoms with Crippen molar-refractivity contribution in [3.05, 3.63) is 36.0 Å². The Morgan fingerprint density at radius 3 is 2.30 bits per heavy atom. The lowest BCUT2D eigenvalue weighted by atomic mass is 10.2. The molecule has 1 aliphatic carbocycles. The van der Waals surface area contributed by atoms with E-state index in [2.05, 4.69) is 10.6 Å². The molecule has 2 amide bonds. The van der Waals surface area contributed by atoms with Gasteiger partial charge in [0, 0.05) is 11.9 Å². The Labute approximate surface area is 117 Å². The Bertz CT molecular complexity index is 612. The van der Waals surface area contributed by atoms with Gasteiger partial charge in [-0.15, -0.1) is 0 Å². The van der Waals surface area contributed by atoms with E-state index in [1.54, 1.807) is 6.20 Å². The van der Waals surface area contributed by atoms with Gasteiger partial charge in [-0.1, -0.05) is 5.57 Å². The zero-order valence-corrected chi connectivity index (χ0v) is 11.6. The highest BCUT2D eigenvalue weighted by Crippen LogP contribution is 2.22. The smallest absolute Gasteiger partial charge is 0.314 e. The van der Waals surface area contributed by atoms with Crippen molar-refractivity contribution in [3.63, 3.8) is 0 Å². The SMILES string of the molecule is O=C(NC=C1CCCC1)Nc1ccc(S(=O)(=O)O)cc1. The summed E-state index contributed by atoms with van der Waals surface area (Å²) < 4.78 is 30.6. The Morgan fingerprint density at radius 2 is 1.75 bits per heavy atom. The molecule has 7 heteroatoms. The minimum Gasteiger partial charge on any atom is -0.314 e. The molecule has 0 spiro atoms. The third-order valence-corrected chi connectivity index (χ3v) is 3.93. The molecular formula is C13H16N2O4S. The minimum atomic E-state index is -4.21. The van der Waals surface area contributed by atoms with Crippen molar-refractivity contribution in [1.29, 1.82) is 0 Å². The Kier molecular flexibility index (Phi) is 4.41. The molecule has 0 saturated heterocycles. The maximum atomic E-state index is 11.6. The van der Waals surface area contributed by atoms with Crippen molar-refractivity contribution in [2.75, 3.05) is 5.32 Å². The average Bonchev–Trinajstić information content (AvgIpc) is 2.89. The molecule has 1 saturated carbocycles. The van der Waals surface area contributed by atoms with Gasteiger partial charge >= 0.3 is 6.03 Å². The number of rotatable bonds is 3. The fraction of sp³-hybridized carbons (Fsp3) is 0.308. The average molecular weight is 296 g/mol. The van der Waals surface area contributed by atoms with E-state index < -0.39 is 10.1 Å². The van der Waals surface area contributed by atoms with Crippen LogP contribution in [0.25, 0.3) is 0 Å². The van der Waals surface area contributed by atoms with Crippen molar-refractivity contribution in [3.8, 4) is 0 Å². The van der Waals surface area contributed by atoms with Gasteiger partial charge in [-0.05, 0) is 49.9 Å². The molecule has 20 heavy (non-hydrogen) atoms. The topological polar surface area (TPSA) is 95.5 Å². The van der Waals surface area contributed by atoms with E-state index in [1.165, 1.54) is 29.8 Å². The number of anilines is 1. The van der Waals surface area contributed by atoms with Gasteiger partial charge in [-0.25, -0.2) is 4.79 Å². The number of allylic oxidation sites excluding steroid dienone is 1. The van der Waals surface area contributed by atoms with Crippen LogP contribution < -0.4 is 10.6 Å². The van der Waals surface area contributed by atoms with Crippen molar-refractivity contribution in [2.45, 2.75) is 30.6 Å². The number of hydrogen-bond acceptors (Lipinski definition) is 3. The van der Waals surface area contributed by atoms with E-state index in [-0.39, 0.29) is 10.9 Å². The van der Waals surface area contributed by atoms with Crippen molar-refractivity contribution in [2.24, 2.45) is 0 Å². The molecule has 0 aromatic heterocycles. The molecule has 0 radical (unpaired) electrons. The van der Waals surface area contributed by atoms with Crippen LogP contribution in [0.4, 0.5) is 10.5 Å². The molecule has 6 nitrogen and oxygen atoms in total. The molecule has 0 atom stereocenters. The molecule has 0 aliphatic heterocycles. The van der Waals surface area contributed by atoms with E-state index in [9.17, 15) is 13.2 Å². The summed E-state index contributed by atoms with van der Waals surface area (Å²) in [5.74, 6) is 0. The van der Waals surface area contributed by atoms with Gasteiger partial charge in [0.2, 0.25) is 0 Å². The Morgan fingerprint density at radius 1 is 1.15 bits per heavy atom. The number of amides is 2. The predicted molar refractivity (Wildman–Crippen MR) is 75.0 cm³/mol. The number of urea groups is 1. The monoisotopic (exact) mass is 296 g/mol. The lowest BCUT2D eigenvalue weighted by molar-refractivity contribution is 0.255. The van der Waals surface area contributed by atoms with Crippen molar-refractivity contribution in [1.82, 2.24) is 5.32 Å². The van der Waals surface area contributed by atoms with Crippen LogP contribution in [0.1, 0.15) is 25.7 Å². The molecule has 0 unspecified atom stereocenters. The maximum absolute atomic E-state index is 11.6. The highest BCUT2D eigenvalue weighted by molar-refractivity contribution is 7.85. The van der Waals surface area contributed by atoms with Gasteiger partial charge in [-0.3, -0.25) is 4.55 Å². The number of carbonyl (C=O) groups excluding carboxylic acids is 1. The zero-order chi connectivity index (χ0) is 14.6. The number of nitrogens with one attached hydrogen (secondary N) is 2. The fourth-order valence-corrected chi connectivity index (χ4v) is 2.50. The maximum Gasteiger partial charge on any atom is 0.323 e. The van der Waals surface area contributed by atoms with Crippen LogP contribution in [0.2, 0.25) is 0 Å². The van der Waals surface area contributed by atoms with Gasteiger partial charge in [0.15, 0.2) is 0 Å². The molecule has 1 aromatic carbocycles. The number of carbonyl (C=O) groups is 1. The predicted octanol–water partition coefficient (Wildman–Crippen LogP) is 2.51. The molecule has 1 aromatic rings. The lowest BCUT2D eigenvalue weighted by Crippen LogP contribution is -2.24. The third kappa shape index (κ3) is 4.07. The molecule has 2 rings (SSSR count). The summed E-state index contributed by atoms with van der Waals surface area (Å²) in [7, 11) is -4.21. The summed E-state index contributed by atoms with van der Waals surface area (Å²) in [6.45, 7) is 0. The first-order chi connectivity index (χ1) is 9.45. The molecule has 108 valence electrons. The van der Waals surface area contributed by atoms with E-state index >= 15 is 0 Å². The van der Waals surface area contributed by atoms with E-state index in [0.29, 0.717) is 5.69 Å². The summed E-state index contributed by atoms with van der Waals surface area (Å²) in [6.07, 6.45) is 6.07. The molecule has 3 N–H and O–H groups in total. The molecular weight excluding hydrogens is 280 g/mol. The van der Waals surface area contributed by atoms with E-state index in [4.69, 9.17) is 4.55 Å². The summed E-state index contributed by atoms with van der Waals surface area (Å²) in [5.41, 5.74) is 1.67. The number of hydrogen-bond donors (Lipinski definition) is 3. The lowest BCUT2D eigenvalue weighted by Gasteiger charge is -2.06. The second-order valence-corrected chi connectivity index (χ2v) is 6.03. The second-order valence-electron chi connectivity index (χ2n) is 4.61. The van der Waals surface area contributed by atoms with Crippen LogP contribution in [0, 0.1) is 0 Å². The highest BCUT2D eigenvalue weighted by Gasteiger charge is 2.09. The van der Waals surface area contributed by atoms with Gasteiger partial charge in [0.05, 0.1) is 4.90 Å². The number of benzene rings is 1. The van der Waals surface area contributed by atoms with Crippen LogP contribution >= 0.6 is 0 Å². The van der Waals surface area contributed by atoms with E-state index in [0.717, 1.165) is 25.7 Å². The highest BCUT2D eigenvalue weighted by atomic mass is 32.2. The van der Waals surface area contributed by atoms with Gasteiger partial charge < -0.3 is 10.6 Å². The molecule has 0 heterocycles. The van der Waals surface area contributed by atoms with Crippen molar-refractivity contribution >= 4 is 21.8 Å². The first-order valence-electron chi connectivity index (χ1n) is 6.28.